The highest BCUT2D eigenvalue weighted by Gasteiger charge is 2.14. The Balaban J connectivity index is 1.02. The zero-order chi connectivity index (χ0) is 38.7. The Kier molecular flexibility index (Phi) is 12.1. The van der Waals surface area contributed by atoms with Gasteiger partial charge in [-0.2, -0.15) is 0 Å². The maximum absolute atomic E-state index is 5.42. The van der Waals surface area contributed by atoms with E-state index < -0.39 is 0 Å². The van der Waals surface area contributed by atoms with Crippen LogP contribution in [0, 0.1) is 0 Å². The molecule has 0 heterocycles. The van der Waals surface area contributed by atoms with Gasteiger partial charge in [0.15, 0.2) is 0 Å². The molecule has 0 spiro atoms. The van der Waals surface area contributed by atoms with Crippen LogP contribution in [0.1, 0.15) is 47.2 Å². The number of benzene rings is 7. The molecule has 0 aliphatic heterocycles. The summed E-state index contributed by atoms with van der Waals surface area (Å²) in [6.45, 7) is 4.36. The summed E-state index contributed by atoms with van der Waals surface area (Å²) in [5.74, 6) is 1.68. The van der Waals surface area contributed by atoms with Crippen LogP contribution < -0.4 is 19.3 Å². The van der Waals surface area contributed by atoms with Crippen LogP contribution in [-0.4, -0.2) is 14.2 Å². The Morgan fingerprint density at radius 2 is 0.536 bits per heavy atom. The Hall–Kier alpha value is -6.78. The quantitative estimate of drug-likeness (QED) is 0.104. The molecule has 4 nitrogen and oxygen atoms in total. The molecule has 0 fully saturated rings. The maximum Gasteiger partial charge on any atom is 0.119 e. The second-order valence-corrected chi connectivity index (χ2v) is 13.6. The molecule has 0 radical (unpaired) electrons. The highest BCUT2D eigenvalue weighted by Crippen LogP contribution is 2.37. The smallest absolute Gasteiger partial charge is 0.119 e. The van der Waals surface area contributed by atoms with Gasteiger partial charge in [-0.3, -0.25) is 0 Å². The average Bonchev–Trinajstić information content (AvgIpc) is 3.27. The number of nitrogens with zero attached hydrogens (tertiary/aromatic N) is 2. The standard InChI is InChI=1S/C52H48N2O2/c1-5-39-15-23-45(24-16-39)53(49-31-35-51(55-3)36-32-49)47-27-19-43(20-28-47)13-11-41-7-9-42(10-8-41)12-14-44-21-29-48(30-22-44)54(46-25-17-40(6-2)18-26-46)50-33-37-52(56-4)38-34-50/h7-38H,5-6H2,1-4H3/b13-11+,14-12+. The lowest BCUT2D eigenvalue weighted by atomic mass is 10.1. The van der Waals surface area contributed by atoms with Crippen molar-refractivity contribution in [1.82, 2.24) is 0 Å². The molecule has 0 aromatic heterocycles. The van der Waals surface area contributed by atoms with Gasteiger partial charge < -0.3 is 19.3 Å². The number of anilines is 6. The predicted octanol–water partition coefficient (Wildman–Crippen LogP) is 14.1. The van der Waals surface area contributed by atoms with Crippen LogP contribution in [0.5, 0.6) is 11.5 Å². The molecule has 0 aliphatic rings. The Morgan fingerprint density at radius 1 is 0.321 bits per heavy atom. The van der Waals surface area contributed by atoms with Crippen LogP contribution in [0.2, 0.25) is 0 Å². The van der Waals surface area contributed by atoms with Crippen molar-refractivity contribution in [1.29, 1.82) is 0 Å². The van der Waals surface area contributed by atoms with Crippen molar-refractivity contribution in [3.05, 3.63) is 203 Å². The van der Waals surface area contributed by atoms with Gasteiger partial charge in [0.2, 0.25) is 0 Å². The molecule has 0 amide bonds. The lowest BCUT2D eigenvalue weighted by Crippen LogP contribution is -2.09. The number of rotatable bonds is 14. The lowest BCUT2D eigenvalue weighted by Gasteiger charge is -2.26. The van der Waals surface area contributed by atoms with E-state index in [9.17, 15) is 0 Å². The summed E-state index contributed by atoms with van der Waals surface area (Å²) >= 11 is 0. The van der Waals surface area contributed by atoms with Crippen molar-refractivity contribution >= 4 is 58.4 Å². The zero-order valence-electron chi connectivity index (χ0n) is 32.6. The van der Waals surface area contributed by atoms with E-state index >= 15 is 0 Å². The minimum absolute atomic E-state index is 0.840. The second-order valence-electron chi connectivity index (χ2n) is 13.6. The normalized spacial score (nSPS) is 11.2. The summed E-state index contributed by atoms with van der Waals surface area (Å²) in [6, 6.07) is 60.0. The molecule has 0 saturated carbocycles. The largest absolute Gasteiger partial charge is 0.497 e. The van der Waals surface area contributed by atoms with E-state index in [-0.39, 0.29) is 0 Å². The molecule has 0 aliphatic carbocycles. The molecule has 0 atom stereocenters. The predicted molar refractivity (Wildman–Crippen MR) is 238 cm³/mol. The number of hydrogen-bond donors (Lipinski definition) is 0. The summed E-state index contributed by atoms with van der Waals surface area (Å²) in [5, 5.41) is 0. The van der Waals surface area contributed by atoms with E-state index in [1.54, 1.807) is 14.2 Å². The third-order valence-corrected chi connectivity index (χ3v) is 10.0. The van der Waals surface area contributed by atoms with Crippen LogP contribution in [0.15, 0.2) is 170 Å². The summed E-state index contributed by atoms with van der Waals surface area (Å²) in [7, 11) is 3.39. The van der Waals surface area contributed by atoms with E-state index in [0.717, 1.165) is 80.7 Å². The SMILES string of the molecule is CCc1ccc(N(c2ccc(/C=C/c3ccc(/C=C/c4ccc(N(c5ccc(CC)cc5)c5ccc(OC)cc5)cc4)cc3)cc2)c2ccc(OC)cc2)cc1. The highest BCUT2D eigenvalue weighted by molar-refractivity contribution is 5.80. The third kappa shape index (κ3) is 9.11. The van der Waals surface area contributed by atoms with E-state index in [2.05, 4.69) is 194 Å². The Bertz CT molecular complexity index is 2080. The van der Waals surface area contributed by atoms with E-state index in [4.69, 9.17) is 9.47 Å². The second kappa shape index (κ2) is 18.0. The number of methoxy groups -OCH3 is 2. The van der Waals surface area contributed by atoms with Crippen molar-refractivity contribution in [2.24, 2.45) is 0 Å². The summed E-state index contributed by atoms with van der Waals surface area (Å²) in [6.07, 6.45) is 10.7. The molecule has 0 unspecified atom stereocenters. The van der Waals surface area contributed by atoms with Gasteiger partial charge in [0.25, 0.3) is 0 Å². The third-order valence-electron chi connectivity index (χ3n) is 10.0. The fourth-order valence-corrected chi connectivity index (χ4v) is 6.69. The molecule has 278 valence electrons. The lowest BCUT2D eigenvalue weighted by molar-refractivity contribution is 0.414. The first kappa shape index (κ1) is 37.5. The maximum atomic E-state index is 5.42. The molecule has 4 heteroatoms. The van der Waals surface area contributed by atoms with E-state index in [0.29, 0.717) is 0 Å². The molecule has 7 aromatic rings. The van der Waals surface area contributed by atoms with Crippen molar-refractivity contribution in [3.8, 4) is 11.5 Å². The number of ether oxygens (including phenoxy) is 2. The topological polar surface area (TPSA) is 24.9 Å². The van der Waals surface area contributed by atoms with Gasteiger partial charge in [0.05, 0.1) is 14.2 Å². The minimum atomic E-state index is 0.840. The van der Waals surface area contributed by atoms with Crippen LogP contribution in [0.3, 0.4) is 0 Å². The highest BCUT2D eigenvalue weighted by atomic mass is 16.5. The Labute approximate surface area is 332 Å². The molecular weight excluding hydrogens is 685 g/mol. The molecule has 7 aromatic carbocycles. The van der Waals surface area contributed by atoms with Crippen LogP contribution >= 0.6 is 0 Å². The van der Waals surface area contributed by atoms with E-state index in [1.165, 1.54) is 11.1 Å². The molecule has 56 heavy (non-hydrogen) atoms. The average molecular weight is 733 g/mol. The summed E-state index contributed by atoms with van der Waals surface area (Å²) in [5.41, 5.74) is 13.8. The first-order valence-corrected chi connectivity index (χ1v) is 19.3. The van der Waals surface area contributed by atoms with Crippen molar-refractivity contribution < 1.29 is 9.47 Å². The first-order chi connectivity index (χ1) is 27.5. The van der Waals surface area contributed by atoms with Gasteiger partial charge >= 0.3 is 0 Å². The summed E-state index contributed by atoms with van der Waals surface area (Å²) < 4.78 is 10.8. The van der Waals surface area contributed by atoms with Gasteiger partial charge in [-0.1, -0.05) is 111 Å². The van der Waals surface area contributed by atoms with Crippen LogP contribution in [0.4, 0.5) is 34.1 Å². The molecular formula is C52H48N2O2. The van der Waals surface area contributed by atoms with Crippen molar-refractivity contribution in [2.45, 2.75) is 26.7 Å². The fraction of sp³-hybridized carbons (Fsp3) is 0.115. The molecule has 0 bridgehead atoms. The van der Waals surface area contributed by atoms with Crippen molar-refractivity contribution in [2.75, 3.05) is 24.0 Å². The zero-order valence-corrected chi connectivity index (χ0v) is 32.6. The number of hydrogen-bond acceptors (Lipinski definition) is 4. The Morgan fingerprint density at radius 3 is 0.768 bits per heavy atom. The molecule has 0 N–H and O–H groups in total. The summed E-state index contributed by atoms with van der Waals surface area (Å²) in [4.78, 5) is 4.55. The van der Waals surface area contributed by atoms with Gasteiger partial charge in [-0.25, -0.2) is 0 Å². The van der Waals surface area contributed by atoms with Crippen LogP contribution in [-0.2, 0) is 12.8 Å². The fourth-order valence-electron chi connectivity index (χ4n) is 6.69. The van der Waals surface area contributed by atoms with Crippen molar-refractivity contribution in [3.63, 3.8) is 0 Å². The van der Waals surface area contributed by atoms with Gasteiger partial charge in [-0.05, 0) is 143 Å². The van der Waals surface area contributed by atoms with Gasteiger partial charge in [-0.15, -0.1) is 0 Å². The molecule has 7 rings (SSSR count). The first-order valence-electron chi connectivity index (χ1n) is 19.3. The number of aryl methyl sites for hydroxylation is 2. The monoisotopic (exact) mass is 732 g/mol. The molecule has 0 saturated heterocycles. The minimum Gasteiger partial charge on any atom is -0.497 e. The van der Waals surface area contributed by atoms with Gasteiger partial charge in [0, 0.05) is 34.1 Å². The van der Waals surface area contributed by atoms with Crippen LogP contribution in [0.25, 0.3) is 24.3 Å². The van der Waals surface area contributed by atoms with E-state index in [1.807, 2.05) is 24.3 Å². The van der Waals surface area contributed by atoms with Gasteiger partial charge in [0.1, 0.15) is 11.5 Å².